The number of imidazole rings is 1. The molecule has 0 saturated carbocycles. The van der Waals surface area contributed by atoms with Crippen LogP contribution in [0.2, 0.25) is 0 Å². The second-order valence-corrected chi connectivity index (χ2v) is 3.25. The summed E-state index contributed by atoms with van der Waals surface area (Å²) in [6, 6.07) is 3.92. The van der Waals surface area contributed by atoms with Crippen molar-refractivity contribution in [1.29, 1.82) is 0 Å². The first-order valence-corrected chi connectivity index (χ1v) is 4.22. The molecule has 0 N–H and O–H groups in total. The molecule has 0 fully saturated rings. The first-order valence-electron chi connectivity index (χ1n) is 3.25. The summed E-state index contributed by atoms with van der Waals surface area (Å²) < 4.78 is 2.00. The molecule has 2 aromatic rings. The average molecular weight is 259 g/mol. The SMILES string of the molecule is Cc1nc2ncccc2n1I. The molecule has 0 atom stereocenters. The van der Waals surface area contributed by atoms with Crippen LogP contribution in [0.3, 0.4) is 0 Å². The van der Waals surface area contributed by atoms with Crippen molar-refractivity contribution in [3.05, 3.63) is 24.2 Å². The summed E-state index contributed by atoms with van der Waals surface area (Å²) in [5.74, 6) is 0.985. The van der Waals surface area contributed by atoms with Crippen LogP contribution in [-0.4, -0.2) is 12.7 Å². The third-order valence-electron chi connectivity index (χ3n) is 1.53. The summed E-state index contributed by atoms with van der Waals surface area (Å²) >= 11 is 2.21. The van der Waals surface area contributed by atoms with E-state index >= 15 is 0 Å². The van der Waals surface area contributed by atoms with Crippen LogP contribution < -0.4 is 0 Å². The number of rotatable bonds is 0. The van der Waals surface area contributed by atoms with Crippen molar-refractivity contribution in [3.8, 4) is 0 Å². The molecule has 0 aliphatic carbocycles. The number of aryl methyl sites for hydroxylation is 1. The number of aromatic nitrogens is 3. The van der Waals surface area contributed by atoms with Crippen LogP contribution in [0.1, 0.15) is 5.82 Å². The number of fused-ring (bicyclic) bond motifs is 1. The summed E-state index contributed by atoms with van der Waals surface area (Å²) in [6.45, 7) is 1.97. The summed E-state index contributed by atoms with van der Waals surface area (Å²) in [7, 11) is 0. The summed E-state index contributed by atoms with van der Waals surface area (Å²) in [6.07, 6.45) is 1.76. The number of hydrogen-bond acceptors (Lipinski definition) is 2. The summed E-state index contributed by atoms with van der Waals surface area (Å²) in [4.78, 5) is 8.38. The number of hydrogen-bond donors (Lipinski definition) is 0. The Bertz CT molecular complexity index is 393. The fraction of sp³-hybridized carbons (Fsp3) is 0.143. The first-order chi connectivity index (χ1) is 5.29. The van der Waals surface area contributed by atoms with E-state index in [1.54, 1.807) is 6.20 Å². The summed E-state index contributed by atoms with van der Waals surface area (Å²) in [5.41, 5.74) is 1.89. The molecular weight excluding hydrogens is 253 g/mol. The Labute approximate surface area is 78.0 Å². The lowest BCUT2D eigenvalue weighted by Gasteiger charge is -1.90. The van der Waals surface area contributed by atoms with E-state index in [1.165, 1.54) is 0 Å². The van der Waals surface area contributed by atoms with Crippen LogP contribution >= 0.6 is 22.9 Å². The van der Waals surface area contributed by atoms with Crippen molar-refractivity contribution >= 4 is 34.0 Å². The molecule has 4 heteroatoms. The van der Waals surface area contributed by atoms with Crippen LogP contribution in [0.15, 0.2) is 18.3 Å². The maximum Gasteiger partial charge on any atom is 0.178 e. The van der Waals surface area contributed by atoms with Crippen LogP contribution in [0, 0.1) is 6.92 Å². The van der Waals surface area contributed by atoms with E-state index in [-0.39, 0.29) is 0 Å². The molecule has 0 radical (unpaired) electrons. The number of nitrogens with zero attached hydrogens (tertiary/aromatic N) is 3. The minimum atomic E-state index is 0.819. The highest BCUT2D eigenvalue weighted by atomic mass is 127. The minimum Gasteiger partial charge on any atom is -0.267 e. The molecule has 0 aliphatic heterocycles. The van der Waals surface area contributed by atoms with Crippen molar-refractivity contribution in [3.63, 3.8) is 0 Å². The zero-order valence-electron chi connectivity index (χ0n) is 5.95. The number of halogens is 1. The van der Waals surface area contributed by atoms with E-state index in [1.807, 2.05) is 21.8 Å². The molecule has 0 bridgehead atoms. The fourth-order valence-corrected chi connectivity index (χ4v) is 1.48. The van der Waals surface area contributed by atoms with E-state index in [0.717, 1.165) is 17.0 Å². The third-order valence-corrected chi connectivity index (χ3v) is 2.75. The van der Waals surface area contributed by atoms with Gasteiger partial charge in [-0.05, 0) is 19.1 Å². The average Bonchev–Trinajstić information content (AvgIpc) is 2.30. The van der Waals surface area contributed by atoms with Gasteiger partial charge in [0.1, 0.15) is 5.82 Å². The van der Waals surface area contributed by atoms with Crippen LogP contribution in [0.4, 0.5) is 0 Å². The Kier molecular flexibility index (Phi) is 1.56. The standard InChI is InChI=1S/C7H6IN3/c1-5-10-7-6(11(5)8)3-2-4-9-7/h2-4H,1H3. The van der Waals surface area contributed by atoms with Crippen molar-refractivity contribution in [2.75, 3.05) is 0 Å². The molecule has 0 aliphatic rings. The van der Waals surface area contributed by atoms with Crippen LogP contribution in [-0.2, 0) is 0 Å². The van der Waals surface area contributed by atoms with Gasteiger partial charge in [-0.3, -0.25) is 2.78 Å². The van der Waals surface area contributed by atoms with E-state index in [0.29, 0.717) is 0 Å². The second kappa shape index (κ2) is 2.44. The Balaban J connectivity index is 2.92. The fourth-order valence-electron chi connectivity index (χ4n) is 0.999. The lowest BCUT2D eigenvalue weighted by atomic mass is 10.4. The van der Waals surface area contributed by atoms with Gasteiger partial charge < -0.3 is 0 Å². The van der Waals surface area contributed by atoms with Crippen LogP contribution in [0.5, 0.6) is 0 Å². The summed E-state index contributed by atoms with van der Waals surface area (Å²) in [5, 5.41) is 0. The van der Waals surface area contributed by atoms with Crippen molar-refractivity contribution in [2.24, 2.45) is 0 Å². The Morgan fingerprint density at radius 3 is 3.09 bits per heavy atom. The predicted molar refractivity (Wildman–Crippen MR) is 51.7 cm³/mol. The Morgan fingerprint density at radius 1 is 1.55 bits per heavy atom. The molecule has 11 heavy (non-hydrogen) atoms. The van der Waals surface area contributed by atoms with Gasteiger partial charge >= 0.3 is 0 Å². The second-order valence-electron chi connectivity index (χ2n) is 2.29. The maximum atomic E-state index is 4.26. The lowest BCUT2D eigenvalue weighted by molar-refractivity contribution is 1.14. The van der Waals surface area contributed by atoms with Gasteiger partial charge in [-0.2, -0.15) is 0 Å². The largest absolute Gasteiger partial charge is 0.267 e. The molecular formula is C7H6IN3. The van der Waals surface area contributed by atoms with Crippen LogP contribution in [0.25, 0.3) is 11.2 Å². The molecule has 2 rings (SSSR count). The van der Waals surface area contributed by atoms with E-state index in [2.05, 4.69) is 32.8 Å². The third kappa shape index (κ3) is 1.01. The predicted octanol–water partition coefficient (Wildman–Crippen LogP) is 1.94. The van der Waals surface area contributed by atoms with Gasteiger partial charge in [0.25, 0.3) is 0 Å². The van der Waals surface area contributed by atoms with E-state index in [9.17, 15) is 0 Å². The van der Waals surface area contributed by atoms with Gasteiger partial charge in [-0.1, -0.05) is 0 Å². The molecule has 0 aromatic carbocycles. The Hall–Kier alpha value is -0.650. The molecule has 0 amide bonds. The van der Waals surface area contributed by atoms with Crippen molar-refractivity contribution < 1.29 is 0 Å². The molecule has 2 aromatic heterocycles. The van der Waals surface area contributed by atoms with Crippen molar-refractivity contribution in [1.82, 2.24) is 12.7 Å². The van der Waals surface area contributed by atoms with Gasteiger partial charge in [-0.25, -0.2) is 9.97 Å². The zero-order chi connectivity index (χ0) is 7.84. The monoisotopic (exact) mass is 259 g/mol. The van der Waals surface area contributed by atoms with Gasteiger partial charge in [0.2, 0.25) is 0 Å². The maximum absolute atomic E-state index is 4.26. The number of pyridine rings is 1. The highest BCUT2D eigenvalue weighted by molar-refractivity contribution is 14.1. The smallest absolute Gasteiger partial charge is 0.178 e. The van der Waals surface area contributed by atoms with Gasteiger partial charge in [0.15, 0.2) is 5.65 Å². The molecule has 2 heterocycles. The van der Waals surface area contributed by atoms with E-state index in [4.69, 9.17) is 0 Å². The minimum absolute atomic E-state index is 0.819. The van der Waals surface area contributed by atoms with Gasteiger partial charge in [0, 0.05) is 6.20 Å². The Morgan fingerprint density at radius 2 is 2.36 bits per heavy atom. The topological polar surface area (TPSA) is 30.7 Å². The van der Waals surface area contributed by atoms with Crippen molar-refractivity contribution in [2.45, 2.75) is 6.92 Å². The quantitative estimate of drug-likeness (QED) is 0.677. The zero-order valence-corrected chi connectivity index (χ0v) is 8.11. The lowest BCUT2D eigenvalue weighted by Crippen LogP contribution is -1.80. The molecule has 0 saturated heterocycles. The highest BCUT2D eigenvalue weighted by Gasteiger charge is 2.03. The van der Waals surface area contributed by atoms with Gasteiger partial charge in [-0.15, -0.1) is 0 Å². The molecule has 3 nitrogen and oxygen atoms in total. The molecule has 0 unspecified atom stereocenters. The highest BCUT2D eigenvalue weighted by Crippen LogP contribution is 2.15. The van der Waals surface area contributed by atoms with E-state index < -0.39 is 0 Å². The van der Waals surface area contributed by atoms with Gasteiger partial charge in [0.05, 0.1) is 28.4 Å². The normalized spacial score (nSPS) is 10.7. The molecule has 56 valence electrons. The first kappa shape index (κ1) is 7.02. The molecule has 0 spiro atoms.